The molecule has 0 aliphatic heterocycles. The van der Waals surface area contributed by atoms with Crippen LogP contribution in [-0.4, -0.2) is 24.2 Å². The van der Waals surface area contributed by atoms with E-state index in [2.05, 4.69) is 10.6 Å². The van der Waals surface area contributed by atoms with Crippen molar-refractivity contribution in [1.29, 1.82) is 0 Å². The second kappa shape index (κ2) is 9.64. The molecule has 150 valence electrons. The van der Waals surface area contributed by atoms with E-state index in [9.17, 15) is 9.59 Å². The minimum Gasteiger partial charge on any atom is -0.495 e. The highest BCUT2D eigenvalue weighted by molar-refractivity contribution is 8.00. The molecule has 2 N–H and O–H groups in total. The lowest BCUT2D eigenvalue weighted by Crippen LogP contribution is -2.22. The Balaban J connectivity index is 1.99. The summed E-state index contributed by atoms with van der Waals surface area (Å²) in [5.41, 5.74) is 1.31. The van der Waals surface area contributed by atoms with Crippen molar-refractivity contribution in [2.45, 2.75) is 44.3 Å². The lowest BCUT2D eigenvalue weighted by Gasteiger charge is -2.17. The Kier molecular flexibility index (Phi) is 7.52. The van der Waals surface area contributed by atoms with Crippen molar-refractivity contribution in [3.63, 3.8) is 0 Å². The second-order valence-corrected chi connectivity index (χ2v) is 9.18. The number of benzene rings is 2. The Bertz CT molecular complexity index is 831. The molecule has 0 heterocycles. The van der Waals surface area contributed by atoms with Gasteiger partial charge in [-0.15, -0.1) is 11.8 Å². The maximum absolute atomic E-state index is 12.5. The van der Waals surface area contributed by atoms with Crippen LogP contribution in [0.4, 0.5) is 11.4 Å². The van der Waals surface area contributed by atoms with Gasteiger partial charge in [-0.25, -0.2) is 0 Å². The summed E-state index contributed by atoms with van der Waals surface area (Å²) in [4.78, 5) is 25.6. The zero-order chi connectivity index (χ0) is 20.7. The van der Waals surface area contributed by atoms with Gasteiger partial charge in [0.25, 0.3) is 0 Å². The Morgan fingerprint density at radius 3 is 2.46 bits per heavy atom. The fraction of sp³-hybridized carbons (Fsp3) is 0.364. The molecule has 2 rings (SSSR count). The number of para-hydroxylation sites is 2. The first kappa shape index (κ1) is 21.8. The number of methoxy groups -OCH3 is 1. The molecule has 0 spiro atoms. The molecule has 0 fully saturated rings. The third kappa shape index (κ3) is 6.93. The van der Waals surface area contributed by atoms with Crippen molar-refractivity contribution in [3.8, 4) is 5.75 Å². The molecular formula is C22H28N2O3S. The second-order valence-electron chi connectivity index (χ2n) is 7.76. The van der Waals surface area contributed by atoms with Crippen LogP contribution < -0.4 is 15.4 Å². The molecule has 0 saturated carbocycles. The van der Waals surface area contributed by atoms with E-state index in [-0.39, 0.29) is 22.5 Å². The lowest BCUT2D eigenvalue weighted by molar-refractivity contribution is -0.118. The van der Waals surface area contributed by atoms with Crippen molar-refractivity contribution in [3.05, 3.63) is 48.5 Å². The molecule has 1 atom stereocenters. The van der Waals surface area contributed by atoms with Crippen LogP contribution in [0.5, 0.6) is 5.75 Å². The number of anilines is 2. The van der Waals surface area contributed by atoms with Crippen molar-refractivity contribution >= 4 is 35.0 Å². The van der Waals surface area contributed by atoms with Crippen molar-refractivity contribution < 1.29 is 14.3 Å². The first-order chi connectivity index (χ1) is 13.2. The Hall–Kier alpha value is -2.47. The highest BCUT2D eigenvalue weighted by Crippen LogP contribution is 2.29. The molecule has 0 aliphatic carbocycles. The van der Waals surface area contributed by atoms with Gasteiger partial charge in [0.1, 0.15) is 5.75 Å². The Labute approximate surface area is 171 Å². The summed E-state index contributed by atoms with van der Waals surface area (Å²) < 4.78 is 5.27. The predicted molar refractivity (Wildman–Crippen MR) is 116 cm³/mol. The van der Waals surface area contributed by atoms with E-state index >= 15 is 0 Å². The minimum atomic E-state index is -0.314. The van der Waals surface area contributed by atoms with E-state index < -0.39 is 0 Å². The maximum atomic E-state index is 12.5. The van der Waals surface area contributed by atoms with Crippen LogP contribution in [0.1, 0.15) is 34.1 Å². The van der Waals surface area contributed by atoms with Gasteiger partial charge in [-0.05, 0) is 42.7 Å². The third-order valence-electron chi connectivity index (χ3n) is 3.86. The number of hydrogen-bond donors (Lipinski definition) is 2. The summed E-state index contributed by atoms with van der Waals surface area (Å²) in [6.45, 7) is 7.93. The van der Waals surface area contributed by atoms with E-state index in [1.54, 1.807) is 19.2 Å². The van der Waals surface area contributed by atoms with Crippen molar-refractivity contribution in [2.24, 2.45) is 5.41 Å². The number of ether oxygens (including phenoxy) is 1. The number of hydrogen-bond acceptors (Lipinski definition) is 4. The monoisotopic (exact) mass is 400 g/mol. The quantitative estimate of drug-likeness (QED) is 0.628. The van der Waals surface area contributed by atoms with Gasteiger partial charge in [-0.3, -0.25) is 9.59 Å². The summed E-state index contributed by atoms with van der Waals surface area (Å²) >= 11 is 1.43. The minimum absolute atomic E-state index is 0.0170. The zero-order valence-corrected chi connectivity index (χ0v) is 17.9. The molecule has 2 aromatic rings. The maximum Gasteiger partial charge on any atom is 0.237 e. The smallest absolute Gasteiger partial charge is 0.237 e. The van der Waals surface area contributed by atoms with E-state index in [1.165, 1.54) is 11.8 Å². The largest absolute Gasteiger partial charge is 0.495 e. The van der Waals surface area contributed by atoms with E-state index in [4.69, 9.17) is 4.74 Å². The first-order valence-electron chi connectivity index (χ1n) is 9.18. The van der Waals surface area contributed by atoms with Gasteiger partial charge in [0.05, 0.1) is 18.0 Å². The summed E-state index contributed by atoms with van der Waals surface area (Å²) in [5, 5.41) is 5.51. The molecule has 0 bridgehead atoms. The highest BCUT2D eigenvalue weighted by atomic mass is 32.2. The molecular weight excluding hydrogens is 372 g/mol. The van der Waals surface area contributed by atoms with Gasteiger partial charge in [-0.1, -0.05) is 39.0 Å². The normalized spacial score (nSPS) is 12.2. The molecule has 28 heavy (non-hydrogen) atoms. The van der Waals surface area contributed by atoms with Crippen LogP contribution in [0.3, 0.4) is 0 Å². The zero-order valence-electron chi connectivity index (χ0n) is 17.0. The van der Waals surface area contributed by atoms with E-state index in [0.717, 1.165) is 10.6 Å². The van der Waals surface area contributed by atoms with Crippen LogP contribution in [0.2, 0.25) is 0 Å². The van der Waals surface area contributed by atoms with Gasteiger partial charge in [0.15, 0.2) is 0 Å². The fourth-order valence-electron chi connectivity index (χ4n) is 2.57. The molecule has 5 nitrogen and oxygen atoms in total. The summed E-state index contributed by atoms with van der Waals surface area (Å²) in [6.07, 6.45) is 0.447. The Morgan fingerprint density at radius 1 is 1.07 bits per heavy atom. The predicted octanol–water partition coefficient (Wildman–Crippen LogP) is 5.19. The SMILES string of the molecule is COc1ccccc1NC(=O)C(C)Sc1cccc(NC(=O)CC(C)(C)C)c1. The average Bonchev–Trinajstić information content (AvgIpc) is 2.60. The van der Waals surface area contributed by atoms with Gasteiger partial charge in [0, 0.05) is 17.0 Å². The van der Waals surface area contributed by atoms with Crippen molar-refractivity contribution in [2.75, 3.05) is 17.7 Å². The van der Waals surface area contributed by atoms with Gasteiger partial charge in [0.2, 0.25) is 11.8 Å². The standard InChI is InChI=1S/C22H28N2O3S/c1-15(21(26)24-18-11-6-7-12-19(18)27-5)28-17-10-8-9-16(13-17)23-20(25)14-22(2,3)4/h6-13,15H,14H2,1-5H3,(H,23,25)(H,24,26). The average molecular weight is 401 g/mol. The van der Waals surface area contributed by atoms with Gasteiger partial charge in [-0.2, -0.15) is 0 Å². The molecule has 2 amide bonds. The number of thioether (sulfide) groups is 1. The van der Waals surface area contributed by atoms with Gasteiger partial charge < -0.3 is 15.4 Å². The summed E-state index contributed by atoms with van der Waals surface area (Å²) in [7, 11) is 1.57. The van der Waals surface area contributed by atoms with Crippen LogP contribution >= 0.6 is 11.8 Å². The fourth-order valence-corrected chi connectivity index (χ4v) is 3.50. The van der Waals surface area contributed by atoms with Crippen LogP contribution in [0, 0.1) is 5.41 Å². The molecule has 0 aromatic heterocycles. The van der Waals surface area contributed by atoms with E-state index in [1.807, 2.05) is 64.1 Å². The summed E-state index contributed by atoms with van der Waals surface area (Å²) in [6, 6.07) is 14.8. The van der Waals surface area contributed by atoms with E-state index in [0.29, 0.717) is 17.9 Å². The lowest BCUT2D eigenvalue weighted by atomic mass is 9.92. The van der Waals surface area contributed by atoms with Crippen molar-refractivity contribution in [1.82, 2.24) is 0 Å². The molecule has 0 aliphatic rings. The molecule has 2 aromatic carbocycles. The first-order valence-corrected chi connectivity index (χ1v) is 10.1. The number of carbonyl (C=O) groups is 2. The molecule has 0 radical (unpaired) electrons. The number of rotatable bonds is 7. The number of nitrogens with one attached hydrogen (secondary N) is 2. The molecule has 6 heteroatoms. The third-order valence-corrected chi connectivity index (χ3v) is 4.95. The highest BCUT2D eigenvalue weighted by Gasteiger charge is 2.18. The number of amides is 2. The topological polar surface area (TPSA) is 67.4 Å². The van der Waals surface area contributed by atoms with Crippen LogP contribution in [0.25, 0.3) is 0 Å². The summed E-state index contributed by atoms with van der Waals surface area (Å²) in [5.74, 6) is 0.491. The van der Waals surface area contributed by atoms with Crippen LogP contribution in [0.15, 0.2) is 53.4 Å². The van der Waals surface area contributed by atoms with Gasteiger partial charge >= 0.3 is 0 Å². The number of carbonyl (C=O) groups excluding carboxylic acids is 2. The van der Waals surface area contributed by atoms with Crippen LogP contribution in [-0.2, 0) is 9.59 Å². The molecule has 0 saturated heterocycles. The molecule has 1 unspecified atom stereocenters. The Morgan fingerprint density at radius 2 is 1.79 bits per heavy atom.